The van der Waals surface area contributed by atoms with Gasteiger partial charge in [-0.05, 0) is 19.1 Å². The number of aromatic hydroxyl groups is 1. The fraction of sp³-hybridized carbons (Fsp3) is 0.100. The van der Waals surface area contributed by atoms with Crippen LogP contribution >= 0.6 is 0 Å². The molecule has 0 bridgehead atoms. The van der Waals surface area contributed by atoms with Crippen molar-refractivity contribution in [3.05, 3.63) is 36.2 Å². The molecule has 0 aliphatic heterocycles. The maximum atomic E-state index is 13.1. The van der Waals surface area contributed by atoms with Gasteiger partial charge in [0.25, 0.3) is 5.91 Å². The Bertz CT molecular complexity index is 388. The van der Waals surface area contributed by atoms with E-state index < -0.39 is 11.7 Å². The Kier molecular flexibility index (Phi) is 2.86. The van der Waals surface area contributed by atoms with E-state index in [1.165, 1.54) is 19.1 Å². The first-order valence-electron chi connectivity index (χ1n) is 3.96. The maximum Gasteiger partial charge on any atom is 0.250 e. The third-order valence-corrected chi connectivity index (χ3v) is 1.59. The maximum absolute atomic E-state index is 13.1. The first-order valence-corrected chi connectivity index (χ1v) is 3.96. The third-order valence-electron chi connectivity index (χ3n) is 1.59. The summed E-state index contributed by atoms with van der Waals surface area (Å²) in [5.41, 5.74) is 0.313. The van der Waals surface area contributed by atoms with Gasteiger partial charge < -0.3 is 10.4 Å². The number of hydrogen-bond donors (Lipinski definition) is 2. The predicted molar refractivity (Wildman–Crippen MR) is 51.5 cm³/mol. The van der Waals surface area contributed by atoms with Crippen molar-refractivity contribution in [1.82, 2.24) is 0 Å². The van der Waals surface area contributed by atoms with Gasteiger partial charge in [-0.2, -0.15) is 0 Å². The van der Waals surface area contributed by atoms with Crippen molar-refractivity contribution in [2.75, 3.05) is 5.32 Å². The van der Waals surface area contributed by atoms with E-state index in [0.717, 1.165) is 6.07 Å². The molecule has 0 atom stereocenters. The molecule has 0 unspecified atom stereocenters. The molecule has 0 saturated heterocycles. The number of phenolic OH excluding ortho intramolecular Hbond substituents is 1. The Labute approximate surface area is 80.9 Å². The normalized spacial score (nSPS) is 9.57. The monoisotopic (exact) mass is 195 g/mol. The number of carbonyl (C=O) groups is 1. The highest BCUT2D eigenvalue weighted by atomic mass is 19.1. The van der Waals surface area contributed by atoms with Crippen LogP contribution in [0.4, 0.5) is 10.1 Å². The molecule has 2 N–H and O–H groups in total. The van der Waals surface area contributed by atoms with Crippen LogP contribution in [-0.4, -0.2) is 11.0 Å². The molecule has 0 heterocycles. The first kappa shape index (κ1) is 10.2. The lowest BCUT2D eigenvalue weighted by Gasteiger charge is -2.05. The minimum Gasteiger partial charge on any atom is -0.508 e. The predicted octanol–water partition coefficient (Wildman–Crippen LogP) is 2.05. The van der Waals surface area contributed by atoms with Crippen LogP contribution in [0.3, 0.4) is 0 Å². The molecule has 1 amide bonds. The van der Waals surface area contributed by atoms with E-state index >= 15 is 0 Å². The van der Waals surface area contributed by atoms with Crippen molar-refractivity contribution in [3.8, 4) is 5.75 Å². The fourth-order valence-electron chi connectivity index (χ4n) is 0.834. The van der Waals surface area contributed by atoms with Crippen LogP contribution in [0, 0.1) is 5.82 Å². The Morgan fingerprint density at radius 2 is 2.21 bits per heavy atom. The molecule has 4 heteroatoms. The molecule has 14 heavy (non-hydrogen) atoms. The Morgan fingerprint density at radius 3 is 2.71 bits per heavy atom. The zero-order valence-electron chi connectivity index (χ0n) is 7.67. The quantitative estimate of drug-likeness (QED) is 0.560. The van der Waals surface area contributed by atoms with Crippen LogP contribution in [0.25, 0.3) is 0 Å². The van der Waals surface area contributed by atoms with Gasteiger partial charge in [-0.1, -0.05) is 6.58 Å². The molecule has 1 aromatic rings. The van der Waals surface area contributed by atoms with Crippen molar-refractivity contribution >= 4 is 11.6 Å². The molecular formula is C10H10FNO2. The van der Waals surface area contributed by atoms with Crippen LogP contribution in [0.5, 0.6) is 5.75 Å². The van der Waals surface area contributed by atoms with E-state index in [1.807, 2.05) is 0 Å². The second-order valence-electron chi connectivity index (χ2n) is 2.90. The van der Waals surface area contributed by atoms with Crippen LogP contribution in [0.2, 0.25) is 0 Å². The van der Waals surface area contributed by atoms with Crippen LogP contribution in [-0.2, 0) is 4.79 Å². The number of anilines is 1. The lowest BCUT2D eigenvalue weighted by Crippen LogP contribution is -2.12. The van der Waals surface area contributed by atoms with Crippen LogP contribution < -0.4 is 5.32 Å². The highest BCUT2D eigenvalue weighted by Crippen LogP contribution is 2.19. The highest BCUT2D eigenvalue weighted by molar-refractivity contribution is 6.02. The van der Waals surface area contributed by atoms with Crippen LogP contribution in [0.1, 0.15) is 6.92 Å². The number of hydrogen-bond acceptors (Lipinski definition) is 2. The smallest absolute Gasteiger partial charge is 0.250 e. The summed E-state index contributed by atoms with van der Waals surface area (Å²) < 4.78 is 13.1. The number of benzene rings is 1. The zero-order valence-corrected chi connectivity index (χ0v) is 7.67. The van der Waals surface area contributed by atoms with Crippen molar-refractivity contribution in [3.63, 3.8) is 0 Å². The summed E-state index contributed by atoms with van der Waals surface area (Å²) in [6.45, 7) is 4.94. The molecule has 0 aliphatic carbocycles. The molecule has 0 aromatic heterocycles. The molecule has 0 aliphatic rings. The van der Waals surface area contributed by atoms with Gasteiger partial charge in [-0.3, -0.25) is 4.79 Å². The second-order valence-corrected chi connectivity index (χ2v) is 2.90. The van der Waals surface area contributed by atoms with Gasteiger partial charge in [0.15, 0.2) is 0 Å². The van der Waals surface area contributed by atoms with Gasteiger partial charge in [0.05, 0.1) is 5.69 Å². The topological polar surface area (TPSA) is 49.3 Å². The van der Waals surface area contributed by atoms with Crippen molar-refractivity contribution < 1.29 is 14.3 Å². The molecular weight excluding hydrogens is 185 g/mol. The van der Waals surface area contributed by atoms with Gasteiger partial charge in [-0.15, -0.1) is 0 Å². The summed E-state index contributed by atoms with van der Waals surface area (Å²) in [5.74, 6) is -1.31. The molecule has 0 saturated carbocycles. The molecule has 1 rings (SSSR count). The van der Waals surface area contributed by atoms with Gasteiger partial charge >= 0.3 is 0 Å². The van der Waals surface area contributed by atoms with Crippen LogP contribution in [0.15, 0.2) is 30.4 Å². The summed E-state index contributed by atoms with van der Waals surface area (Å²) in [7, 11) is 0. The zero-order chi connectivity index (χ0) is 10.7. The van der Waals surface area contributed by atoms with Crippen molar-refractivity contribution in [2.24, 2.45) is 0 Å². The number of nitrogens with one attached hydrogen (secondary N) is 1. The van der Waals surface area contributed by atoms with Crippen molar-refractivity contribution in [1.29, 1.82) is 0 Å². The standard InChI is InChI=1S/C10H10FNO2/c1-6(2)10(14)12-9-4-3-7(13)5-8(9)11/h3-5,13H,1H2,2H3,(H,12,14). The van der Waals surface area contributed by atoms with E-state index in [4.69, 9.17) is 5.11 Å². The number of halogens is 1. The van der Waals surface area contributed by atoms with E-state index in [2.05, 4.69) is 11.9 Å². The SMILES string of the molecule is C=C(C)C(=O)Nc1ccc(O)cc1F. The average molecular weight is 195 g/mol. The minimum atomic E-state index is -0.681. The van der Waals surface area contributed by atoms with E-state index in [0.29, 0.717) is 0 Å². The lowest BCUT2D eigenvalue weighted by atomic mass is 10.2. The van der Waals surface area contributed by atoms with E-state index in [9.17, 15) is 9.18 Å². The van der Waals surface area contributed by atoms with Gasteiger partial charge in [0.2, 0.25) is 0 Å². The molecule has 74 valence electrons. The van der Waals surface area contributed by atoms with E-state index in [-0.39, 0.29) is 17.0 Å². The summed E-state index contributed by atoms with van der Waals surface area (Å²) in [6, 6.07) is 3.50. The van der Waals surface area contributed by atoms with E-state index in [1.54, 1.807) is 0 Å². The molecule has 0 fully saturated rings. The Hall–Kier alpha value is -1.84. The summed E-state index contributed by atoms with van der Waals surface area (Å²) in [4.78, 5) is 11.1. The summed E-state index contributed by atoms with van der Waals surface area (Å²) >= 11 is 0. The van der Waals surface area contributed by atoms with Gasteiger partial charge in [-0.25, -0.2) is 4.39 Å². The van der Waals surface area contributed by atoms with Gasteiger partial charge in [0, 0.05) is 11.6 Å². The van der Waals surface area contributed by atoms with Crippen molar-refractivity contribution in [2.45, 2.75) is 6.92 Å². The molecule has 3 nitrogen and oxygen atoms in total. The molecule has 0 radical (unpaired) electrons. The minimum absolute atomic E-state index is 0.0239. The molecule has 1 aromatic carbocycles. The summed E-state index contributed by atoms with van der Waals surface area (Å²) in [6.07, 6.45) is 0. The number of carbonyl (C=O) groups excluding carboxylic acids is 1. The Morgan fingerprint density at radius 1 is 1.57 bits per heavy atom. The lowest BCUT2D eigenvalue weighted by molar-refractivity contribution is -0.112. The number of amides is 1. The Balaban J connectivity index is 2.87. The first-order chi connectivity index (χ1) is 6.50. The fourth-order valence-corrected chi connectivity index (χ4v) is 0.834. The largest absolute Gasteiger partial charge is 0.508 e. The third kappa shape index (κ3) is 2.32. The average Bonchev–Trinajstić information content (AvgIpc) is 2.09. The molecule has 0 spiro atoms. The second kappa shape index (κ2) is 3.91. The summed E-state index contributed by atoms with van der Waals surface area (Å²) in [5, 5.41) is 11.2. The van der Waals surface area contributed by atoms with Gasteiger partial charge in [0.1, 0.15) is 11.6 Å². The number of rotatable bonds is 2. The number of phenols is 1. The highest BCUT2D eigenvalue weighted by Gasteiger charge is 2.07.